The van der Waals surface area contributed by atoms with Crippen molar-refractivity contribution in [3.05, 3.63) is 79.7 Å². The Morgan fingerprint density at radius 2 is 1.91 bits per heavy atom. The number of hydrogen-bond donors (Lipinski definition) is 0. The number of nitrogens with zero attached hydrogens (tertiary/aromatic N) is 3. The molecule has 2 aliphatic heterocycles. The number of nitro benzene ring substituents is 1. The molecule has 5 rings (SSSR count). The van der Waals surface area contributed by atoms with E-state index in [1.54, 1.807) is 35.2 Å². The van der Waals surface area contributed by atoms with Gasteiger partial charge in [0.2, 0.25) is 5.76 Å². The van der Waals surface area contributed by atoms with E-state index in [2.05, 4.69) is 4.90 Å². The number of rotatable bonds is 7. The Kier molecular flexibility index (Phi) is 6.23. The Balaban J connectivity index is 1.61. The fraction of sp³-hybridized carbons (Fsp3) is 0.360. The maximum atomic E-state index is 13.6. The van der Waals surface area contributed by atoms with Crippen LogP contribution >= 0.6 is 0 Å². The molecular formula is C25H25N3O7. The first-order chi connectivity index (χ1) is 17.0. The van der Waals surface area contributed by atoms with Gasteiger partial charge in [-0.25, -0.2) is 0 Å². The highest BCUT2D eigenvalue weighted by Crippen LogP contribution is 2.39. The zero-order chi connectivity index (χ0) is 24.5. The van der Waals surface area contributed by atoms with Gasteiger partial charge in [0.15, 0.2) is 5.43 Å². The summed E-state index contributed by atoms with van der Waals surface area (Å²) in [6.07, 6.45) is 0. The maximum Gasteiger partial charge on any atom is 0.290 e. The predicted molar refractivity (Wildman–Crippen MR) is 127 cm³/mol. The number of amides is 1. The molecule has 0 saturated carbocycles. The maximum absolute atomic E-state index is 13.6. The van der Waals surface area contributed by atoms with Crippen molar-refractivity contribution < 1.29 is 23.6 Å². The number of benzene rings is 2. The molecule has 1 fully saturated rings. The van der Waals surface area contributed by atoms with Gasteiger partial charge in [0, 0.05) is 44.4 Å². The van der Waals surface area contributed by atoms with Gasteiger partial charge in [0.1, 0.15) is 11.3 Å². The van der Waals surface area contributed by atoms with E-state index in [1.807, 2.05) is 6.92 Å². The molecule has 1 aromatic heterocycles. The second-order valence-corrected chi connectivity index (χ2v) is 8.47. The third-order valence-corrected chi connectivity index (χ3v) is 6.41. The van der Waals surface area contributed by atoms with Crippen LogP contribution in [0.25, 0.3) is 11.0 Å². The zero-order valence-electron chi connectivity index (χ0n) is 19.3. The zero-order valence-corrected chi connectivity index (χ0v) is 19.3. The molecule has 2 aliphatic rings. The minimum Gasteiger partial charge on any atom is -0.494 e. The van der Waals surface area contributed by atoms with Crippen molar-refractivity contribution >= 4 is 22.6 Å². The van der Waals surface area contributed by atoms with Gasteiger partial charge in [-0.2, -0.15) is 0 Å². The Morgan fingerprint density at radius 1 is 1.11 bits per heavy atom. The summed E-state index contributed by atoms with van der Waals surface area (Å²) in [5, 5.41) is 11.8. The quantitative estimate of drug-likeness (QED) is 0.375. The summed E-state index contributed by atoms with van der Waals surface area (Å²) in [5.41, 5.74) is 0.520. The molecular weight excluding hydrogens is 454 g/mol. The van der Waals surface area contributed by atoms with E-state index < -0.39 is 16.9 Å². The molecule has 10 nitrogen and oxygen atoms in total. The highest BCUT2D eigenvalue weighted by molar-refractivity contribution is 5.99. The summed E-state index contributed by atoms with van der Waals surface area (Å²) >= 11 is 0. The first kappa shape index (κ1) is 23.0. The minimum atomic E-state index is -0.786. The molecule has 0 spiro atoms. The molecule has 182 valence electrons. The molecule has 35 heavy (non-hydrogen) atoms. The lowest BCUT2D eigenvalue weighted by molar-refractivity contribution is -0.384. The average molecular weight is 479 g/mol. The van der Waals surface area contributed by atoms with Crippen LogP contribution in [0.5, 0.6) is 5.75 Å². The van der Waals surface area contributed by atoms with Crippen LogP contribution in [-0.2, 0) is 4.74 Å². The van der Waals surface area contributed by atoms with Crippen molar-refractivity contribution in [2.75, 3.05) is 46.0 Å². The molecule has 1 unspecified atom stereocenters. The molecule has 0 N–H and O–H groups in total. The lowest BCUT2D eigenvalue weighted by Gasteiger charge is -2.31. The van der Waals surface area contributed by atoms with Crippen LogP contribution in [0.2, 0.25) is 0 Å². The number of carbonyl (C=O) groups is 1. The van der Waals surface area contributed by atoms with Gasteiger partial charge in [-0.15, -0.1) is 0 Å². The molecule has 1 amide bonds. The van der Waals surface area contributed by atoms with Crippen molar-refractivity contribution in [1.29, 1.82) is 0 Å². The van der Waals surface area contributed by atoms with Crippen molar-refractivity contribution in [2.45, 2.75) is 13.0 Å². The van der Waals surface area contributed by atoms with Crippen LogP contribution in [-0.4, -0.2) is 66.6 Å². The molecule has 0 bridgehead atoms. The lowest BCUT2D eigenvalue weighted by atomic mass is 9.98. The number of fused-ring (bicyclic) bond motifs is 2. The average Bonchev–Trinajstić information content (AvgIpc) is 3.15. The normalized spacial score (nSPS) is 18.1. The number of hydrogen-bond acceptors (Lipinski definition) is 8. The van der Waals surface area contributed by atoms with Crippen LogP contribution in [0.3, 0.4) is 0 Å². The van der Waals surface area contributed by atoms with Gasteiger partial charge in [-0.1, -0.05) is 12.1 Å². The fourth-order valence-corrected chi connectivity index (χ4v) is 4.71. The number of non-ortho nitro benzene ring substituents is 1. The molecule has 1 saturated heterocycles. The van der Waals surface area contributed by atoms with E-state index in [0.717, 1.165) is 13.1 Å². The van der Waals surface area contributed by atoms with Crippen LogP contribution < -0.4 is 10.2 Å². The second-order valence-electron chi connectivity index (χ2n) is 8.47. The Labute approximate surface area is 200 Å². The summed E-state index contributed by atoms with van der Waals surface area (Å²) in [5.74, 6) is 0.0909. The molecule has 2 aromatic carbocycles. The first-order valence-corrected chi connectivity index (χ1v) is 11.6. The third-order valence-electron chi connectivity index (χ3n) is 6.41. The number of ether oxygens (including phenoxy) is 2. The molecule has 0 aliphatic carbocycles. The van der Waals surface area contributed by atoms with Crippen molar-refractivity contribution in [2.24, 2.45) is 0 Å². The van der Waals surface area contributed by atoms with E-state index in [1.165, 1.54) is 12.1 Å². The summed E-state index contributed by atoms with van der Waals surface area (Å²) in [7, 11) is 0. The summed E-state index contributed by atoms with van der Waals surface area (Å²) in [4.78, 5) is 41.9. The Bertz CT molecular complexity index is 1350. The molecule has 3 heterocycles. The lowest BCUT2D eigenvalue weighted by Crippen LogP contribution is -2.42. The SMILES string of the molecule is CCOc1ccc2c(=O)c3c(oc2c1)C(=O)N(CCN1CCOCC1)C3c1cccc([N+](=O)[O-])c1. The van der Waals surface area contributed by atoms with Gasteiger partial charge in [-0.3, -0.25) is 24.6 Å². The van der Waals surface area contributed by atoms with Crippen molar-refractivity contribution in [1.82, 2.24) is 9.80 Å². The van der Waals surface area contributed by atoms with Crippen LogP contribution in [0.1, 0.15) is 34.6 Å². The largest absolute Gasteiger partial charge is 0.494 e. The van der Waals surface area contributed by atoms with E-state index in [-0.39, 0.29) is 28.0 Å². The molecule has 10 heteroatoms. The van der Waals surface area contributed by atoms with Gasteiger partial charge in [0.25, 0.3) is 11.6 Å². The topological polar surface area (TPSA) is 115 Å². The van der Waals surface area contributed by atoms with Gasteiger partial charge >= 0.3 is 0 Å². The van der Waals surface area contributed by atoms with Crippen molar-refractivity contribution in [3.63, 3.8) is 0 Å². The van der Waals surface area contributed by atoms with Gasteiger partial charge in [0.05, 0.1) is 41.7 Å². The van der Waals surface area contributed by atoms with Crippen LogP contribution in [0, 0.1) is 10.1 Å². The highest BCUT2D eigenvalue weighted by atomic mass is 16.6. The van der Waals surface area contributed by atoms with E-state index in [4.69, 9.17) is 13.9 Å². The second kappa shape index (κ2) is 9.47. The van der Waals surface area contributed by atoms with Crippen LogP contribution in [0.15, 0.2) is 51.7 Å². The summed E-state index contributed by atoms with van der Waals surface area (Å²) < 4.78 is 16.9. The smallest absolute Gasteiger partial charge is 0.290 e. The van der Waals surface area contributed by atoms with Gasteiger partial charge < -0.3 is 18.8 Å². The standard InChI is InChI=1S/C25H25N3O7/c1-2-34-18-6-7-19-20(15-18)35-24-21(23(19)29)22(16-4-3-5-17(14-16)28(31)32)27(25(24)30)9-8-26-10-12-33-13-11-26/h3-7,14-15,22H,2,8-13H2,1H3. The molecule has 0 radical (unpaired) electrons. The highest BCUT2D eigenvalue weighted by Gasteiger charge is 2.43. The molecule has 1 atom stereocenters. The monoisotopic (exact) mass is 479 g/mol. The number of nitro groups is 1. The Hall–Kier alpha value is -3.76. The first-order valence-electron chi connectivity index (χ1n) is 11.6. The van der Waals surface area contributed by atoms with E-state index in [0.29, 0.717) is 49.6 Å². The Morgan fingerprint density at radius 3 is 2.66 bits per heavy atom. The third kappa shape index (κ3) is 4.26. The summed E-state index contributed by atoms with van der Waals surface area (Å²) in [6, 6.07) is 10.2. The van der Waals surface area contributed by atoms with Gasteiger partial charge in [-0.05, 0) is 24.6 Å². The fourth-order valence-electron chi connectivity index (χ4n) is 4.71. The minimum absolute atomic E-state index is 0.0327. The van der Waals surface area contributed by atoms with Crippen LogP contribution in [0.4, 0.5) is 5.69 Å². The van der Waals surface area contributed by atoms with E-state index in [9.17, 15) is 19.7 Å². The van der Waals surface area contributed by atoms with Crippen molar-refractivity contribution in [3.8, 4) is 5.75 Å². The number of morpholine rings is 1. The molecule has 3 aromatic rings. The number of carbonyl (C=O) groups excluding carboxylic acids is 1. The predicted octanol–water partition coefficient (Wildman–Crippen LogP) is 2.98. The van der Waals surface area contributed by atoms with E-state index >= 15 is 0 Å². The summed E-state index contributed by atoms with van der Waals surface area (Å²) in [6.45, 7) is 5.95.